The molecule has 1 amide bonds. The molecule has 0 unspecified atom stereocenters. The molecule has 27 heavy (non-hydrogen) atoms. The van der Waals surface area contributed by atoms with Gasteiger partial charge in [-0.2, -0.15) is 0 Å². The van der Waals surface area contributed by atoms with Crippen LogP contribution in [0.2, 0.25) is 0 Å². The van der Waals surface area contributed by atoms with Crippen molar-refractivity contribution in [1.82, 2.24) is 9.55 Å². The van der Waals surface area contributed by atoms with Gasteiger partial charge in [-0.25, -0.2) is 9.18 Å². The number of nitrogens with zero attached hydrogens (tertiary/aromatic N) is 1. The maximum atomic E-state index is 13.5. The molecular weight excluding hydrogens is 349 g/mol. The highest BCUT2D eigenvalue weighted by Gasteiger charge is 2.08. The first-order valence-corrected chi connectivity index (χ1v) is 8.73. The van der Waals surface area contributed by atoms with E-state index in [1.165, 1.54) is 6.07 Å². The van der Waals surface area contributed by atoms with E-state index in [0.717, 1.165) is 4.57 Å². The van der Waals surface area contributed by atoms with E-state index in [0.29, 0.717) is 35.0 Å². The summed E-state index contributed by atoms with van der Waals surface area (Å²) in [6.45, 7) is 1.88. The Morgan fingerprint density at radius 1 is 1.15 bits per heavy atom. The largest absolute Gasteiger partial charge is 0.328 e. The van der Waals surface area contributed by atoms with Crippen molar-refractivity contribution in [3.63, 3.8) is 0 Å². The molecule has 1 aromatic heterocycles. The standard InChI is InChI=1S/C20H20FN3O3/c1-13-9-10-14(12-16(13)21)22-18(25)8-4-5-11-24-19(26)15-6-2-3-7-17(15)23-20(24)27/h2-3,6-7,9-10,12H,4-5,8,11H2,1H3,(H,22,25)(H,23,27). The molecule has 0 fully saturated rings. The first kappa shape index (κ1) is 18.6. The zero-order valence-corrected chi connectivity index (χ0v) is 14.9. The molecule has 140 valence electrons. The maximum absolute atomic E-state index is 13.5. The molecule has 0 aliphatic rings. The number of benzene rings is 2. The summed E-state index contributed by atoms with van der Waals surface area (Å²) in [5.41, 5.74) is 0.630. The number of rotatable bonds is 6. The number of aromatic nitrogens is 2. The molecule has 1 heterocycles. The molecule has 0 bridgehead atoms. The number of carbonyl (C=O) groups excluding carboxylic acids is 1. The number of hydrogen-bond acceptors (Lipinski definition) is 3. The zero-order valence-electron chi connectivity index (χ0n) is 14.9. The SMILES string of the molecule is Cc1ccc(NC(=O)CCCCn2c(=O)[nH]c3ccccc3c2=O)cc1F. The van der Waals surface area contributed by atoms with E-state index in [9.17, 15) is 18.8 Å². The van der Waals surface area contributed by atoms with Crippen LogP contribution in [0.3, 0.4) is 0 Å². The number of amides is 1. The van der Waals surface area contributed by atoms with Gasteiger partial charge in [0.1, 0.15) is 5.82 Å². The van der Waals surface area contributed by atoms with Crippen LogP contribution in [0.5, 0.6) is 0 Å². The molecular formula is C20H20FN3O3. The predicted molar refractivity (Wildman–Crippen MR) is 102 cm³/mol. The minimum atomic E-state index is -0.460. The van der Waals surface area contributed by atoms with Crippen molar-refractivity contribution in [2.24, 2.45) is 0 Å². The van der Waals surface area contributed by atoms with E-state index in [1.54, 1.807) is 43.3 Å². The van der Waals surface area contributed by atoms with Crippen LogP contribution >= 0.6 is 0 Å². The summed E-state index contributed by atoms with van der Waals surface area (Å²) >= 11 is 0. The molecule has 0 saturated heterocycles. The van der Waals surface area contributed by atoms with Crippen molar-refractivity contribution >= 4 is 22.5 Å². The van der Waals surface area contributed by atoms with Gasteiger partial charge in [0.25, 0.3) is 5.56 Å². The molecule has 2 N–H and O–H groups in total. The Hall–Kier alpha value is -3.22. The van der Waals surface area contributed by atoms with Crippen LogP contribution in [0, 0.1) is 12.7 Å². The van der Waals surface area contributed by atoms with Gasteiger partial charge < -0.3 is 10.3 Å². The van der Waals surface area contributed by atoms with Crippen molar-refractivity contribution in [3.8, 4) is 0 Å². The van der Waals surface area contributed by atoms with E-state index in [1.807, 2.05) is 0 Å². The summed E-state index contributed by atoms with van der Waals surface area (Å²) in [7, 11) is 0. The Kier molecular flexibility index (Phi) is 5.49. The normalized spacial score (nSPS) is 10.9. The average Bonchev–Trinajstić information content (AvgIpc) is 2.64. The number of hydrogen-bond donors (Lipinski definition) is 2. The maximum Gasteiger partial charge on any atom is 0.328 e. The Morgan fingerprint density at radius 2 is 1.93 bits per heavy atom. The van der Waals surface area contributed by atoms with Crippen molar-refractivity contribution in [2.45, 2.75) is 32.7 Å². The number of nitrogens with one attached hydrogen (secondary N) is 2. The molecule has 0 aliphatic heterocycles. The fourth-order valence-electron chi connectivity index (χ4n) is 2.85. The summed E-state index contributed by atoms with van der Waals surface area (Å²) in [5.74, 6) is -0.610. The molecule has 6 nitrogen and oxygen atoms in total. The Bertz CT molecular complexity index is 1100. The van der Waals surface area contributed by atoms with E-state index >= 15 is 0 Å². The molecule has 7 heteroatoms. The van der Waals surface area contributed by atoms with Gasteiger partial charge in [0.15, 0.2) is 0 Å². The Morgan fingerprint density at radius 3 is 2.70 bits per heavy atom. The van der Waals surface area contributed by atoms with Gasteiger partial charge in [0.2, 0.25) is 5.91 Å². The third-order valence-electron chi connectivity index (χ3n) is 4.38. The smallest absolute Gasteiger partial charge is 0.326 e. The highest BCUT2D eigenvalue weighted by molar-refractivity contribution is 5.90. The second-order valence-electron chi connectivity index (χ2n) is 6.40. The lowest BCUT2D eigenvalue weighted by Gasteiger charge is -2.08. The number of halogens is 1. The van der Waals surface area contributed by atoms with Gasteiger partial charge in [0.05, 0.1) is 10.9 Å². The van der Waals surface area contributed by atoms with Crippen LogP contribution < -0.4 is 16.6 Å². The van der Waals surface area contributed by atoms with Gasteiger partial charge >= 0.3 is 5.69 Å². The summed E-state index contributed by atoms with van der Waals surface area (Å²) in [4.78, 5) is 39.1. The number of carbonyl (C=O) groups is 1. The van der Waals surface area contributed by atoms with Crippen LogP contribution in [0.15, 0.2) is 52.1 Å². The van der Waals surface area contributed by atoms with Crippen LogP contribution in [-0.4, -0.2) is 15.5 Å². The highest BCUT2D eigenvalue weighted by Crippen LogP contribution is 2.14. The molecule has 3 rings (SSSR count). The number of H-pyrrole nitrogens is 1. The molecule has 3 aromatic rings. The molecule has 0 spiro atoms. The lowest BCUT2D eigenvalue weighted by atomic mass is 10.2. The van der Waals surface area contributed by atoms with Crippen LogP contribution in [0.4, 0.5) is 10.1 Å². The molecule has 2 aromatic carbocycles. The number of aryl methyl sites for hydroxylation is 1. The fourth-order valence-corrected chi connectivity index (χ4v) is 2.85. The van der Waals surface area contributed by atoms with Gasteiger partial charge in [-0.1, -0.05) is 18.2 Å². The average molecular weight is 369 g/mol. The van der Waals surface area contributed by atoms with E-state index in [2.05, 4.69) is 10.3 Å². The lowest BCUT2D eigenvalue weighted by Crippen LogP contribution is -2.35. The number of para-hydroxylation sites is 1. The third-order valence-corrected chi connectivity index (χ3v) is 4.38. The lowest BCUT2D eigenvalue weighted by molar-refractivity contribution is -0.116. The summed E-state index contributed by atoms with van der Waals surface area (Å²) in [5, 5.41) is 3.10. The molecule has 0 radical (unpaired) electrons. The minimum Gasteiger partial charge on any atom is -0.326 e. The quantitative estimate of drug-likeness (QED) is 0.655. The van der Waals surface area contributed by atoms with Crippen molar-refractivity contribution in [1.29, 1.82) is 0 Å². The monoisotopic (exact) mass is 369 g/mol. The fraction of sp³-hybridized carbons (Fsp3) is 0.250. The number of unbranched alkanes of at least 4 members (excludes halogenated alkanes) is 1. The second-order valence-corrected chi connectivity index (χ2v) is 6.40. The molecule has 0 atom stereocenters. The van der Waals surface area contributed by atoms with Crippen molar-refractivity contribution in [2.75, 3.05) is 5.32 Å². The highest BCUT2D eigenvalue weighted by atomic mass is 19.1. The summed E-state index contributed by atoms with van der Waals surface area (Å²) < 4.78 is 14.6. The molecule has 0 aliphatic carbocycles. The van der Waals surface area contributed by atoms with Crippen molar-refractivity contribution in [3.05, 3.63) is 74.7 Å². The third kappa shape index (κ3) is 4.31. The van der Waals surface area contributed by atoms with Crippen LogP contribution in [-0.2, 0) is 11.3 Å². The summed E-state index contributed by atoms with van der Waals surface area (Å²) in [6, 6.07) is 11.4. The minimum absolute atomic E-state index is 0.218. The van der Waals surface area contributed by atoms with E-state index < -0.39 is 5.69 Å². The van der Waals surface area contributed by atoms with Gasteiger partial charge in [-0.15, -0.1) is 0 Å². The first-order chi connectivity index (χ1) is 13.0. The van der Waals surface area contributed by atoms with Crippen LogP contribution in [0.25, 0.3) is 10.9 Å². The second kappa shape index (κ2) is 7.99. The number of fused-ring (bicyclic) bond motifs is 1. The topological polar surface area (TPSA) is 84.0 Å². The predicted octanol–water partition coefficient (Wildman–Crippen LogP) is 2.95. The van der Waals surface area contributed by atoms with Gasteiger partial charge in [-0.05, 0) is 49.6 Å². The Labute approximate surface area is 154 Å². The van der Waals surface area contributed by atoms with E-state index in [4.69, 9.17) is 0 Å². The van der Waals surface area contributed by atoms with Crippen LogP contribution in [0.1, 0.15) is 24.8 Å². The number of anilines is 1. The number of aromatic amines is 1. The Balaban J connectivity index is 1.56. The zero-order chi connectivity index (χ0) is 19.4. The summed E-state index contributed by atoms with van der Waals surface area (Å²) in [6.07, 6.45) is 1.21. The van der Waals surface area contributed by atoms with E-state index in [-0.39, 0.29) is 30.2 Å². The first-order valence-electron chi connectivity index (χ1n) is 8.73. The van der Waals surface area contributed by atoms with Crippen molar-refractivity contribution < 1.29 is 9.18 Å². The molecule has 0 saturated carbocycles. The van der Waals surface area contributed by atoms with Gasteiger partial charge in [0, 0.05) is 18.7 Å². The van der Waals surface area contributed by atoms with Gasteiger partial charge in [-0.3, -0.25) is 14.2 Å².